The molecular formula is C24H21N5OS. The fraction of sp³-hybridized carbons (Fsp3) is 0.208. The minimum Gasteiger partial charge on any atom is -0.337 e. The Morgan fingerprint density at radius 2 is 1.94 bits per heavy atom. The van der Waals surface area contributed by atoms with Gasteiger partial charge in [-0.2, -0.15) is 0 Å². The molecule has 31 heavy (non-hydrogen) atoms. The SMILES string of the molecule is O=C(c1cccs1)N1CCCC(c2nc(-c3ccccn3)ncc2-c2ccncc2)C1. The lowest BCUT2D eigenvalue weighted by Crippen LogP contribution is -2.39. The highest BCUT2D eigenvalue weighted by atomic mass is 32.1. The Morgan fingerprint density at radius 3 is 2.71 bits per heavy atom. The molecule has 0 spiro atoms. The van der Waals surface area contributed by atoms with Crippen LogP contribution in [-0.2, 0) is 0 Å². The molecule has 1 saturated heterocycles. The predicted octanol–water partition coefficient (Wildman–Crippen LogP) is 4.68. The van der Waals surface area contributed by atoms with Crippen LogP contribution in [0.1, 0.15) is 34.1 Å². The van der Waals surface area contributed by atoms with Gasteiger partial charge in [-0.05, 0) is 54.1 Å². The molecule has 1 fully saturated rings. The van der Waals surface area contributed by atoms with Crippen molar-refractivity contribution >= 4 is 17.2 Å². The molecule has 1 aliphatic rings. The molecule has 1 amide bonds. The molecule has 0 bridgehead atoms. The molecule has 0 aliphatic carbocycles. The van der Waals surface area contributed by atoms with Crippen molar-refractivity contribution in [1.29, 1.82) is 0 Å². The van der Waals surface area contributed by atoms with Gasteiger partial charge in [0, 0.05) is 49.4 Å². The van der Waals surface area contributed by atoms with E-state index < -0.39 is 0 Å². The summed E-state index contributed by atoms with van der Waals surface area (Å²) in [6.07, 6.45) is 9.10. The van der Waals surface area contributed by atoms with E-state index in [9.17, 15) is 4.79 Å². The number of piperidine rings is 1. The Morgan fingerprint density at radius 1 is 1.03 bits per heavy atom. The van der Waals surface area contributed by atoms with Gasteiger partial charge in [0.05, 0.1) is 10.6 Å². The van der Waals surface area contributed by atoms with Gasteiger partial charge < -0.3 is 4.90 Å². The van der Waals surface area contributed by atoms with Crippen molar-refractivity contribution in [3.05, 3.63) is 83.2 Å². The number of pyridine rings is 2. The molecule has 4 aromatic heterocycles. The van der Waals surface area contributed by atoms with E-state index in [4.69, 9.17) is 4.98 Å². The van der Waals surface area contributed by atoms with E-state index in [-0.39, 0.29) is 11.8 Å². The fourth-order valence-electron chi connectivity index (χ4n) is 4.02. The molecule has 5 rings (SSSR count). The third kappa shape index (κ3) is 4.09. The number of hydrogen-bond donors (Lipinski definition) is 0. The monoisotopic (exact) mass is 427 g/mol. The van der Waals surface area contributed by atoms with Gasteiger partial charge in [-0.1, -0.05) is 12.1 Å². The quantitative estimate of drug-likeness (QED) is 0.473. The zero-order valence-corrected chi connectivity index (χ0v) is 17.7. The average molecular weight is 428 g/mol. The van der Waals surface area contributed by atoms with Crippen LogP contribution in [0.5, 0.6) is 0 Å². The van der Waals surface area contributed by atoms with Crippen LogP contribution in [0.4, 0.5) is 0 Å². The van der Waals surface area contributed by atoms with E-state index in [1.54, 1.807) is 18.6 Å². The standard InChI is InChI=1S/C24H21N5OS/c30-24(21-7-4-14-31-21)29-13-3-5-18(16-29)22-19(17-8-11-25-12-9-17)15-27-23(28-22)20-6-1-2-10-26-20/h1-2,4,6-12,14-15,18H,3,5,13,16H2. The molecule has 0 saturated carbocycles. The summed E-state index contributed by atoms with van der Waals surface area (Å²) in [5, 5.41) is 1.94. The number of thiophene rings is 1. The molecule has 1 aliphatic heterocycles. The van der Waals surface area contributed by atoms with Gasteiger partial charge in [0.1, 0.15) is 5.69 Å². The van der Waals surface area contributed by atoms with Gasteiger partial charge in [-0.15, -0.1) is 11.3 Å². The summed E-state index contributed by atoms with van der Waals surface area (Å²) in [6, 6.07) is 13.5. The first kappa shape index (κ1) is 19.5. The first-order chi connectivity index (χ1) is 15.3. The average Bonchev–Trinajstić information content (AvgIpc) is 3.39. The lowest BCUT2D eigenvalue weighted by Gasteiger charge is -2.33. The maximum Gasteiger partial charge on any atom is 0.263 e. The normalized spacial score (nSPS) is 16.3. The number of carbonyl (C=O) groups is 1. The summed E-state index contributed by atoms with van der Waals surface area (Å²) in [5.41, 5.74) is 3.72. The van der Waals surface area contributed by atoms with Gasteiger partial charge in [0.15, 0.2) is 5.82 Å². The van der Waals surface area contributed by atoms with Crippen LogP contribution in [0.3, 0.4) is 0 Å². The fourth-order valence-corrected chi connectivity index (χ4v) is 4.71. The Bertz CT molecular complexity index is 1170. The van der Waals surface area contributed by atoms with E-state index in [1.807, 2.05) is 58.9 Å². The Kier molecular flexibility index (Phi) is 5.50. The molecule has 0 N–H and O–H groups in total. The van der Waals surface area contributed by atoms with Crippen molar-refractivity contribution < 1.29 is 4.79 Å². The molecule has 5 heterocycles. The molecule has 1 unspecified atom stereocenters. The topological polar surface area (TPSA) is 71.9 Å². The summed E-state index contributed by atoms with van der Waals surface area (Å²) in [7, 11) is 0. The molecular weight excluding hydrogens is 406 g/mol. The molecule has 4 aromatic rings. The Labute approximate surface area is 184 Å². The summed E-state index contributed by atoms with van der Waals surface area (Å²) in [5.74, 6) is 0.838. The second-order valence-corrected chi connectivity index (χ2v) is 8.46. The second kappa shape index (κ2) is 8.73. The van der Waals surface area contributed by atoms with E-state index in [2.05, 4.69) is 15.0 Å². The number of hydrogen-bond acceptors (Lipinski definition) is 6. The molecule has 154 valence electrons. The molecule has 0 aromatic carbocycles. The van der Waals surface area contributed by atoms with Crippen molar-refractivity contribution in [3.63, 3.8) is 0 Å². The maximum absolute atomic E-state index is 13.0. The zero-order valence-electron chi connectivity index (χ0n) is 16.9. The zero-order chi connectivity index (χ0) is 21.0. The van der Waals surface area contributed by atoms with Gasteiger partial charge >= 0.3 is 0 Å². The van der Waals surface area contributed by atoms with Crippen LogP contribution in [-0.4, -0.2) is 43.8 Å². The van der Waals surface area contributed by atoms with Crippen molar-refractivity contribution in [2.45, 2.75) is 18.8 Å². The Hall–Kier alpha value is -3.45. The predicted molar refractivity (Wildman–Crippen MR) is 121 cm³/mol. The summed E-state index contributed by atoms with van der Waals surface area (Å²) in [6.45, 7) is 1.42. The summed E-state index contributed by atoms with van der Waals surface area (Å²) < 4.78 is 0. The van der Waals surface area contributed by atoms with Crippen LogP contribution in [0.2, 0.25) is 0 Å². The Balaban J connectivity index is 1.53. The molecule has 1 atom stereocenters. The van der Waals surface area contributed by atoms with Crippen LogP contribution in [0.15, 0.2) is 72.6 Å². The van der Waals surface area contributed by atoms with E-state index in [1.165, 1.54) is 11.3 Å². The molecule has 6 nitrogen and oxygen atoms in total. The van der Waals surface area contributed by atoms with Gasteiger partial charge in [-0.3, -0.25) is 14.8 Å². The van der Waals surface area contributed by atoms with Crippen LogP contribution < -0.4 is 0 Å². The number of rotatable bonds is 4. The number of nitrogens with zero attached hydrogens (tertiary/aromatic N) is 5. The molecule has 0 radical (unpaired) electrons. The van der Waals surface area contributed by atoms with E-state index in [0.717, 1.165) is 46.8 Å². The third-order valence-electron chi connectivity index (χ3n) is 5.53. The van der Waals surface area contributed by atoms with Crippen LogP contribution in [0, 0.1) is 0 Å². The summed E-state index contributed by atoms with van der Waals surface area (Å²) in [4.78, 5) is 33.8. The van der Waals surface area contributed by atoms with Gasteiger partial charge in [-0.25, -0.2) is 9.97 Å². The highest BCUT2D eigenvalue weighted by molar-refractivity contribution is 7.12. The number of aromatic nitrogens is 4. The van der Waals surface area contributed by atoms with Crippen LogP contribution >= 0.6 is 11.3 Å². The first-order valence-electron chi connectivity index (χ1n) is 10.3. The first-order valence-corrected chi connectivity index (χ1v) is 11.2. The maximum atomic E-state index is 13.0. The van der Waals surface area contributed by atoms with Crippen molar-refractivity contribution in [2.75, 3.05) is 13.1 Å². The van der Waals surface area contributed by atoms with Gasteiger partial charge in [0.2, 0.25) is 0 Å². The minimum atomic E-state index is 0.101. The van der Waals surface area contributed by atoms with Crippen molar-refractivity contribution in [1.82, 2.24) is 24.8 Å². The highest BCUT2D eigenvalue weighted by Crippen LogP contribution is 2.34. The largest absolute Gasteiger partial charge is 0.337 e. The van der Waals surface area contributed by atoms with Crippen molar-refractivity contribution in [3.8, 4) is 22.6 Å². The smallest absolute Gasteiger partial charge is 0.263 e. The minimum absolute atomic E-state index is 0.101. The summed E-state index contributed by atoms with van der Waals surface area (Å²) >= 11 is 1.49. The number of amides is 1. The van der Waals surface area contributed by atoms with Gasteiger partial charge in [0.25, 0.3) is 5.91 Å². The number of likely N-dealkylation sites (tertiary alicyclic amines) is 1. The van der Waals surface area contributed by atoms with E-state index >= 15 is 0 Å². The number of carbonyl (C=O) groups excluding carboxylic acids is 1. The van der Waals surface area contributed by atoms with Crippen LogP contribution in [0.25, 0.3) is 22.6 Å². The van der Waals surface area contributed by atoms with E-state index in [0.29, 0.717) is 12.4 Å². The lowest BCUT2D eigenvalue weighted by atomic mass is 9.90. The molecule has 7 heteroatoms. The third-order valence-corrected chi connectivity index (χ3v) is 6.39. The second-order valence-electron chi connectivity index (χ2n) is 7.51. The lowest BCUT2D eigenvalue weighted by molar-refractivity contribution is 0.0711. The van der Waals surface area contributed by atoms with Crippen molar-refractivity contribution in [2.24, 2.45) is 0 Å². The highest BCUT2D eigenvalue weighted by Gasteiger charge is 2.29.